The molecule has 0 saturated heterocycles. The van der Waals surface area contributed by atoms with Crippen LogP contribution in [0.5, 0.6) is 0 Å². The summed E-state index contributed by atoms with van der Waals surface area (Å²) >= 11 is 3.52. The van der Waals surface area contributed by atoms with Crippen LogP contribution in [0.1, 0.15) is 36.6 Å². The van der Waals surface area contributed by atoms with Crippen molar-refractivity contribution in [1.29, 1.82) is 0 Å². The Morgan fingerprint density at radius 3 is 2.94 bits per heavy atom. The third kappa shape index (κ3) is 2.00. The summed E-state index contributed by atoms with van der Waals surface area (Å²) in [5.74, 6) is 1.62. The molecule has 2 atom stereocenters. The predicted octanol–water partition coefficient (Wildman–Crippen LogP) is 3.23. The molecule has 0 aliphatic heterocycles. The van der Waals surface area contributed by atoms with Gasteiger partial charge in [-0.15, -0.1) is 0 Å². The first-order chi connectivity index (χ1) is 8.13. The summed E-state index contributed by atoms with van der Waals surface area (Å²) < 4.78 is 1.10. The van der Waals surface area contributed by atoms with E-state index in [2.05, 4.69) is 40.0 Å². The third-order valence-corrected chi connectivity index (χ3v) is 4.08. The summed E-state index contributed by atoms with van der Waals surface area (Å²) in [5.41, 5.74) is 9.37. The van der Waals surface area contributed by atoms with Gasteiger partial charge in [0, 0.05) is 16.4 Å². The summed E-state index contributed by atoms with van der Waals surface area (Å²) in [6.07, 6.45) is 3.33. The van der Waals surface area contributed by atoms with E-state index in [4.69, 9.17) is 10.7 Å². The standard InChI is InChI=1S/C13H16BrN3/c1-7-4-9(14)6-11-12(7)17-13(16-11)8-2-3-10(15)5-8/h4,6,8,10H,2-3,5,15H2,1H3,(H,16,17)/t8-,10+/m1/s1. The molecular weight excluding hydrogens is 278 g/mol. The Morgan fingerprint density at radius 2 is 2.24 bits per heavy atom. The van der Waals surface area contributed by atoms with Crippen molar-refractivity contribution in [3.8, 4) is 0 Å². The molecule has 1 aromatic carbocycles. The Balaban J connectivity index is 2.04. The van der Waals surface area contributed by atoms with Gasteiger partial charge in [0.05, 0.1) is 11.0 Å². The molecule has 4 heteroatoms. The van der Waals surface area contributed by atoms with Crippen LogP contribution in [0.3, 0.4) is 0 Å². The number of imidazole rings is 1. The van der Waals surface area contributed by atoms with Gasteiger partial charge in [0.25, 0.3) is 0 Å². The Hall–Kier alpha value is -0.870. The lowest BCUT2D eigenvalue weighted by molar-refractivity contribution is 0.651. The number of rotatable bonds is 1. The Morgan fingerprint density at radius 1 is 1.41 bits per heavy atom. The van der Waals surface area contributed by atoms with Crippen molar-refractivity contribution in [3.05, 3.63) is 28.0 Å². The van der Waals surface area contributed by atoms with Crippen molar-refractivity contribution >= 4 is 27.0 Å². The van der Waals surface area contributed by atoms with E-state index >= 15 is 0 Å². The van der Waals surface area contributed by atoms with Crippen LogP contribution < -0.4 is 5.73 Å². The monoisotopic (exact) mass is 293 g/mol. The van der Waals surface area contributed by atoms with E-state index in [1.165, 1.54) is 5.56 Å². The molecule has 0 amide bonds. The van der Waals surface area contributed by atoms with Crippen molar-refractivity contribution < 1.29 is 0 Å². The van der Waals surface area contributed by atoms with E-state index in [9.17, 15) is 0 Å². The van der Waals surface area contributed by atoms with Gasteiger partial charge in [-0.3, -0.25) is 0 Å². The predicted molar refractivity (Wildman–Crippen MR) is 73.1 cm³/mol. The van der Waals surface area contributed by atoms with Crippen LogP contribution in [-0.2, 0) is 0 Å². The molecule has 3 nitrogen and oxygen atoms in total. The SMILES string of the molecule is Cc1cc(Br)cc2[nH]c([C@@H]3CC[C@H](N)C3)nc12. The molecule has 90 valence electrons. The van der Waals surface area contributed by atoms with E-state index in [0.29, 0.717) is 12.0 Å². The molecule has 1 heterocycles. The van der Waals surface area contributed by atoms with Crippen molar-refractivity contribution in [2.45, 2.75) is 38.1 Å². The first-order valence-electron chi connectivity index (χ1n) is 6.05. The van der Waals surface area contributed by atoms with Crippen LogP contribution in [0.25, 0.3) is 11.0 Å². The lowest BCUT2D eigenvalue weighted by Gasteiger charge is -2.04. The van der Waals surface area contributed by atoms with Gasteiger partial charge in [0.2, 0.25) is 0 Å². The Bertz CT molecular complexity index is 561. The Kier molecular flexibility index (Phi) is 2.71. The van der Waals surface area contributed by atoms with Gasteiger partial charge in [-0.05, 0) is 43.9 Å². The number of hydrogen-bond donors (Lipinski definition) is 2. The summed E-state index contributed by atoms with van der Waals surface area (Å²) in [4.78, 5) is 8.18. The second kappa shape index (κ2) is 4.10. The molecule has 17 heavy (non-hydrogen) atoms. The molecule has 0 radical (unpaired) electrons. The highest BCUT2D eigenvalue weighted by Gasteiger charge is 2.25. The number of benzene rings is 1. The highest BCUT2D eigenvalue weighted by atomic mass is 79.9. The first kappa shape index (κ1) is 11.2. The third-order valence-electron chi connectivity index (χ3n) is 3.62. The molecule has 1 aromatic heterocycles. The van der Waals surface area contributed by atoms with Crippen molar-refractivity contribution in [3.63, 3.8) is 0 Å². The highest BCUT2D eigenvalue weighted by molar-refractivity contribution is 9.10. The summed E-state index contributed by atoms with van der Waals surface area (Å²) in [5, 5.41) is 0. The van der Waals surface area contributed by atoms with Gasteiger partial charge in [-0.2, -0.15) is 0 Å². The average molecular weight is 294 g/mol. The second-order valence-corrected chi connectivity index (χ2v) is 5.93. The van der Waals surface area contributed by atoms with Gasteiger partial charge >= 0.3 is 0 Å². The van der Waals surface area contributed by atoms with Crippen molar-refractivity contribution in [2.75, 3.05) is 0 Å². The number of H-pyrrole nitrogens is 1. The molecule has 0 spiro atoms. The maximum absolute atomic E-state index is 5.96. The lowest BCUT2D eigenvalue weighted by atomic mass is 10.1. The summed E-state index contributed by atoms with van der Waals surface area (Å²) in [6.45, 7) is 2.10. The number of fused-ring (bicyclic) bond motifs is 1. The number of halogens is 1. The van der Waals surface area contributed by atoms with Crippen LogP contribution in [0, 0.1) is 6.92 Å². The van der Waals surface area contributed by atoms with E-state index in [1.807, 2.05) is 0 Å². The number of aromatic nitrogens is 2. The summed E-state index contributed by atoms with van der Waals surface area (Å²) in [7, 11) is 0. The van der Waals surface area contributed by atoms with Crippen LogP contribution in [0.4, 0.5) is 0 Å². The van der Waals surface area contributed by atoms with Gasteiger partial charge < -0.3 is 10.7 Å². The van der Waals surface area contributed by atoms with Crippen LogP contribution in [0.2, 0.25) is 0 Å². The number of hydrogen-bond acceptors (Lipinski definition) is 2. The first-order valence-corrected chi connectivity index (χ1v) is 6.84. The van der Waals surface area contributed by atoms with E-state index in [-0.39, 0.29) is 0 Å². The largest absolute Gasteiger partial charge is 0.342 e. The number of aromatic amines is 1. The number of nitrogens with one attached hydrogen (secondary N) is 1. The fourth-order valence-corrected chi connectivity index (χ4v) is 3.30. The molecule has 0 bridgehead atoms. The molecule has 1 saturated carbocycles. The van der Waals surface area contributed by atoms with Crippen molar-refractivity contribution in [2.24, 2.45) is 5.73 Å². The van der Waals surface area contributed by atoms with E-state index in [1.54, 1.807) is 0 Å². The molecule has 3 N–H and O–H groups in total. The molecular formula is C13H16BrN3. The zero-order valence-electron chi connectivity index (χ0n) is 9.83. The quantitative estimate of drug-likeness (QED) is 0.848. The normalized spacial score (nSPS) is 24.6. The maximum atomic E-state index is 5.96. The zero-order chi connectivity index (χ0) is 12.0. The lowest BCUT2D eigenvalue weighted by Crippen LogP contribution is -2.14. The van der Waals surface area contributed by atoms with Gasteiger partial charge in [-0.25, -0.2) is 4.98 Å². The van der Waals surface area contributed by atoms with E-state index in [0.717, 1.165) is 40.6 Å². The fourth-order valence-electron chi connectivity index (χ4n) is 2.72. The highest BCUT2D eigenvalue weighted by Crippen LogP contribution is 2.33. The topological polar surface area (TPSA) is 54.7 Å². The zero-order valence-corrected chi connectivity index (χ0v) is 11.4. The minimum absolute atomic E-state index is 0.348. The summed E-state index contributed by atoms with van der Waals surface area (Å²) in [6, 6.07) is 4.54. The molecule has 1 aliphatic carbocycles. The maximum Gasteiger partial charge on any atom is 0.110 e. The smallest absolute Gasteiger partial charge is 0.110 e. The van der Waals surface area contributed by atoms with Crippen LogP contribution in [0.15, 0.2) is 16.6 Å². The fraction of sp³-hybridized carbons (Fsp3) is 0.462. The number of nitrogens with two attached hydrogens (primary N) is 1. The van der Waals surface area contributed by atoms with Crippen LogP contribution in [-0.4, -0.2) is 16.0 Å². The second-order valence-electron chi connectivity index (χ2n) is 5.01. The number of aryl methyl sites for hydroxylation is 1. The minimum Gasteiger partial charge on any atom is -0.342 e. The molecule has 1 aliphatic rings. The minimum atomic E-state index is 0.348. The molecule has 3 rings (SSSR count). The van der Waals surface area contributed by atoms with Gasteiger partial charge in [0.15, 0.2) is 0 Å². The molecule has 1 fully saturated rings. The molecule has 0 unspecified atom stereocenters. The van der Waals surface area contributed by atoms with Crippen molar-refractivity contribution in [1.82, 2.24) is 9.97 Å². The number of nitrogens with zero attached hydrogens (tertiary/aromatic N) is 1. The average Bonchev–Trinajstić information content (AvgIpc) is 2.83. The van der Waals surface area contributed by atoms with Crippen LogP contribution >= 0.6 is 15.9 Å². The van der Waals surface area contributed by atoms with Gasteiger partial charge in [0.1, 0.15) is 5.82 Å². The van der Waals surface area contributed by atoms with E-state index < -0.39 is 0 Å². The van der Waals surface area contributed by atoms with Gasteiger partial charge in [-0.1, -0.05) is 15.9 Å². The Labute approximate surface area is 109 Å². The molecule has 2 aromatic rings.